The van der Waals surface area contributed by atoms with E-state index in [1.54, 1.807) is 6.07 Å². The Bertz CT molecular complexity index is 261. The van der Waals surface area contributed by atoms with Crippen LogP contribution in [0.2, 0.25) is 0 Å². The molecule has 0 aliphatic carbocycles. The van der Waals surface area contributed by atoms with Crippen molar-refractivity contribution in [3.63, 3.8) is 0 Å². The first-order valence-corrected chi connectivity index (χ1v) is 3.04. The van der Waals surface area contributed by atoms with E-state index in [9.17, 15) is 4.79 Å². The van der Waals surface area contributed by atoms with E-state index in [1.807, 2.05) is 0 Å². The van der Waals surface area contributed by atoms with Crippen LogP contribution in [0, 0.1) is 0 Å². The Hall–Kier alpha value is -1.58. The van der Waals surface area contributed by atoms with Gasteiger partial charge >= 0.3 is 0 Å². The Balaban J connectivity index is 0.00000121. The molecule has 11 heavy (non-hydrogen) atoms. The third kappa shape index (κ3) is 1.67. The number of primary amides is 1. The predicted molar refractivity (Wildman–Crippen MR) is 41.4 cm³/mol. The Kier molecular flexibility index (Phi) is 2.06. The highest BCUT2D eigenvalue weighted by molar-refractivity contribution is 5.90. The van der Waals surface area contributed by atoms with E-state index in [-0.39, 0.29) is 7.12 Å². The molecule has 0 saturated carbocycles. The minimum Gasteiger partial charge on any atom is -0.495 e. The summed E-state index contributed by atoms with van der Waals surface area (Å²) < 4.78 is 4.83. The van der Waals surface area contributed by atoms with Gasteiger partial charge in [-0.15, -0.1) is 0 Å². The summed E-state index contributed by atoms with van der Waals surface area (Å²) >= 11 is 0. The molecule has 0 unspecified atom stereocenters. The molecule has 0 aliphatic heterocycles. The molecule has 4 heteroatoms. The second-order valence-electron chi connectivity index (χ2n) is 1.95. The predicted octanol–water partition coefficient (Wildman–Crippen LogP) is 0.435. The van der Waals surface area contributed by atoms with Crippen LogP contribution in [0.1, 0.15) is 11.9 Å². The third-order valence-corrected chi connectivity index (χ3v) is 1.22. The van der Waals surface area contributed by atoms with Gasteiger partial charge in [-0.2, -0.15) is 0 Å². The Labute approximate surface area is 65.5 Å². The number of rotatable bonds is 2. The molecule has 0 radical (unpaired) electrons. The number of carbonyl (C=O) groups excluding carboxylic acids is 1. The normalized spacial score (nSPS) is 9.18. The highest BCUT2D eigenvalue weighted by atomic mass is 16.5. The van der Waals surface area contributed by atoms with Gasteiger partial charge < -0.3 is 10.5 Å². The lowest BCUT2D eigenvalue weighted by Crippen LogP contribution is -2.12. The highest BCUT2D eigenvalue weighted by Gasteiger charge is 1.99. The third-order valence-electron chi connectivity index (χ3n) is 1.22. The van der Waals surface area contributed by atoms with Crippen LogP contribution in [-0.4, -0.2) is 18.0 Å². The maximum absolute atomic E-state index is 10.5. The molecule has 1 amide bonds. The molecule has 4 nitrogen and oxygen atoms in total. The number of carbonyl (C=O) groups is 1. The zero-order valence-corrected chi connectivity index (χ0v) is 6.07. The summed E-state index contributed by atoms with van der Waals surface area (Å²) in [6.45, 7) is 0. The number of amides is 1. The van der Waals surface area contributed by atoms with Crippen molar-refractivity contribution in [2.45, 2.75) is 0 Å². The minimum absolute atomic E-state index is 0. The Morgan fingerprint density at radius 3 is 2.82 bits per heavy atom. The molecule has 0 saturated heterocycles. The lowest BCUT2D eigenvalue weighted by atomic mass is 10.3. The number of hydrogen-bond donors (Lipinski definition) is 1. The summed E-state index contributed by atoms with van der Waals surface area (Å²) in [5.41, 5.74) is 5.20. The summed E-state index contributed by atoms with van der Waals surface area (Å²) in [7, 11) is 1.53. The molecule has 1 heterocycles. The summed E-state index contributed by atoms with van der Waals surface area (Å²) in [5.74, 6) is 0.0719. The summed E-state index contributed by atoms with van der Waals surface area (Å²) in [6, 6.07) is 3.15. The van der Waals surface area contributed by atoms with Crippen LogP contribution in [0.25, 0.3) is 0 Å². The van der Waals surface area contributed by atoms with Gasteiger partial charge in [0.2, 0.25) is 0 Å². The molecule has 1 aromatic heterocycles. The maximum Gasteiger partial charge on any atom is 0.267 e. The number of nitrogens with zero attached hydrogens (tertiary/aromatic N) is 1. The van der Waals surface area contributed by atoms with Gasteiger partial charge in [-0.05, 0) is 12.1 Å². The van der Waals surface area contributed by atoms with E-state index in [1.165, 1.54) is 19.4 Å². The number of methoxy groups -OCH3 is 1. The minimum atomic E-state index is -0.535. The van der Waals surface area contributed by atoms with Crippen LogP contribution in [0.5, 0.6) is 5.75 Å². The molecule has 0 spiro atoms. The SMILES string of the molecule is COc1ccc(C(N)=O)nc1.[HH]. The average Bonchev–Trinajstić information content (AvgIpc) is 2.05. The quantitative estimate of drug-likeness (QED) is 0.672. The van der Waals surface area contributed by atoms with Crippen molar-refractivity contribution < 1.29 is 11.0 Å². The molecular weight excluding hydrogens is 144 g/mol. The summed E-state index contributed by atoms with van der Waals surface area (Å²) in [5, 5.41) is 0. The second kappa shape index (κ2) is 3.01. The highest BCUT2D eigenvalue weighted by Crippen LogP contribution is 2.06. The summed E-state index contributed by atoms with van der Waals surface area (Å²) in [6.07, 6.45) is 1.44. The molecule has 0 fully saturated rings. The first-order valence-electron chi connectivity index (χ1n) is 3.04. The fraction of sp³-hybridized carbons (Fsp3) is 0.143. The topological polar surface area (TPSA) is 65.2 Å². The van der Waals surface area contributed by atoms with Crippen molar-refractivity contribution in [1.82, 2.24) is 4.98 Å². The number of aromatic nitrogens is 1. The number of nitrogens with two attached hydrogens (primary N) is 1. The van der Waals surface area contributed by atoms with Gasteiger partial charge in [-0.25, -0.2) is 4.98 Å². The van der Waals surface area contributed by atoms with Crippen molar-refractivity contribution in [2.75, 3.05) is 7.11 Å². The molecule has 60 valence electrons. The van der Waals surface area contributed by atoms with Gasteiger partial charge in [-0.1, -0.05) is 0 Å². The molecular formula is C7H10N2O2. The van der Waals surface area contributed by atoms with Gasteiger partial charge in [0.1, 0.15) is 11.4 Å². The van der Waals surface area contributed by atoms with Crippen LogP contribution in [-0.2, 0) is 0 Å². The van der Waals surface area contributed by atoms with Gasteiger partial charge in [0.25, 0.3) is 5.91 Å². The van der Waals surface area contributed by atoms with Crippen molar-refractivity contribution in [1.29, 1.82) is 0 Å². The van der Waals surface area contributed by atoms with Crippen LogP contribution in [0.4, 0.5) is 0 Å². The maximum atomic E-state index is 10.5. The molecule has 0 aliphatic rings. The summed E-state index contributed by atoms with van der Waals surface area (Å²) in [4.78, 5) is 14.3. The van der Waals surface area contributed by atoms with E-state index in [4.69, 9.17) is 10.5 Å². The molecule has 0 atom stereocenters. The first kappa shape index (κ1) is 7.53. The molecule has 2 N–H and O–H groups in total. The van der Waals surface area contributed by atoms with E-state index in [0.29, 0.717) is 5.75 Å². The van der Waals surface area contributed by atoms with Crippen LogP contribution in [0.15, 0.2) is 18.3 Å². The largest absolute Gasteiger partial charge is 0.495 e. The van der Waals surface area contributed by atoms with E-state index >= 15 is 0 Å². The molecule has 1 rings (SSSR count). The number of hydrogen-bond acceptors (Lipinski definition) is 3. The van der Waals surface area contributed by atoms with Crippen LogP contribution >= 0.6 is 0 Å². The van der Waals surface area contributed by atoms with Crippen molar-refractivity contribution in [3.05, 3.63) is 24.0 Å². The molecule has 0 bridgehead atoms. The smallest absolute Gasteiger partial charge is 0.267 e. The molecule has 0 aromatic carbocycles. The number of ether oxygens (including phenoxy) is 1. The van der Waals surface area contributed by atoms with Crippen molar-refractivity contribution in [3.8, 4) is 5.75 Å². The van der Waals surface area contributed by atoms with Gasteiger partial charge in [0.05, 0.1) is 13.3 Å². The lowest BCUT2D eigenvalue weighted by molar-refractivity contribution is 0.0995. The monoisotopic (exact) mass is 154 g/mol. The standard InChI is InChI=1S/C7H8N2O2.H2/c1-11-5-2-3-6(7(8)10)9-4-5;/h2-4H,1H3,(H2,8,10);1H. The zero-order valence-electron chi connectivity index (χ0n) is 6.07. The van der Waals surface area contributed by atoms with Crippen LogP contribution in [0.3, 0.4) is 0 Å². The van der Waals surface area contributed by atoms with E-state index < -0.39 is 5.91 Å². The van der Waals surface area contributed by atoms with Crippen LogP contribution < -0.4 is 10.5 Å². The molecule has 1 aromatic rings. The lowest BCUT2D eigenvalue weighted by Gasteiger charge is -1.97. The fourth-order valence-corrected chi connectivity index (χ4v) is 0.647. The first-order chi connectivity index (χ1) is 5.24. The van der Waals surface area contributed by atoms with E-state index in [0.717, 1.165) is 0 Å². The fourth-order valence-electron chi connectivity index (χ4n) is 0.647. The van der Waals surface area contributed by atoms with Gasteiger partial charge in [0, 0.05) is 1.43 Å². The van der Waals surface area contributed by atoms with E-state index in [2.05, 4.69) is 4.98 Å². The van der Waals surface area contributed by atoms with Gasteiger partial charge in [-0.3, -0.25) is 4.79 Å². The second-order valence-corrected chi connectivity index (χ2v) is 1.95. The van der Waals surface area contributed by atoms with Crippen molar-refractivity contribution in [2.24, 2.45) is 5.73 Å². The Morgan fingerprint density at radius 1 is 1.73 bits per heavy atom. The number of pyridine rings is 1. The Morgan fingerprint density at radius 2 is 2.45 bits per heavy atom. The van der Waals surface area contributed by atoms with Crippen molar-refractivity contribution >= 4 is 5.91 Å². The van der Waals surface area contributed by atoms with Gasteiger partial charge in [0.15, 0.2) is 0 Å². The average molecular weight is 154 g/mol. The zero-order chi connectivity index (χ0) is 8.27.